The van der Waals surface area contributed by atoms with Crippen LogP contribution in [0.4, 0.5) is 5.69 Å². The molecule has 0 spiro atoms. The van der Waals surface area contributed by atoms with E-state index < -0.39 is 10.0 Å². The minimum Gasteiger partial charge on any atom is -0.325 e. The maximum Gasteiger partial charge on any atom is 0.240 e. The number of hydrogen-bond acceptors (Lipinski definition) is 6. The molecule has 0 unspecified atom stereocenters. The summed E-state index contributed by atoms with van der Waals surface area (Å²) in [6.45, 7) is 5.78. The van der Waals surface area contributed by atoms with Crippen LogP contribution in [0.25, 0.3) is 0 Å². The van der Waals surface area contributed by atoms with Crippen LogP contribution < -0.4 is 10.0 Å². The van der Waals surface area contributed by atoms with E-state index in [-0.39, 0.29) is 23.1 Å². The number of aryl methyl sites for hydroxylation is 3. The molecule has 0 saturated heterocycles. The largest absolute Gasteiger partial charge is 0.325 e. The number of rotatable bonds is 8. The molecule has 10 heteroatoms. The quantitative estimate of drug-likeness (QED) is 0.502. The first-order chi connectivity index (χ1) is 14.7. The van der Waals surface area contributed by atoms with E-state index in [4.69, 9.17) is 0 Å². The molecule has 2 aromatic carbocycles. The van der Waals surface area contributed by atoms with Gasteiger partial charge in [-0.2, -0.15) is 0 Å². The first kappa shape index (κ1) is 23.0. The summed E-state index contributed by atoms with van der Waals surface area (Å²) >= 11 is 1.24. The van der Waals surface area contributed by atoms with Gasteiger partial charge in [0.2, 0.25) is 15.9 Å². The van der Waals surface area contributed by atoms with Gasteiger partial charge in [-0.3, -0.25) is 4.79 Å². The lowest BCUT2D eigenvalue weighted by Gasteiger charge is -2.11. The van der Waals surface area contributed by atoms with Crippen LogP contribution in [0.3, 0.4) is 0 Å². The highest BCUT2D eigenvalue weighted by Crippen LogP contribution is 2.21. The fourth-order valence-electron chi connectivity index (χ4n) is 2.90. The summed E-state index contributed by atoms with van der Waals surface area (Å²) in [4.78, 5) is 12.6. The van der Waals surface area contributed by atoms with Gasteiger partial charge in [-0.15, -0.1) is 10.2 Å². The van der Waals surface area contributed by atoms with E-state index in [1.54, 1.807) is 35.9 Å². The average molecular weight is 460 g/mol. The Balaban J connectivity index is 1.58. The average Bonchev–Trinajstić information content (AvgIpc) is 3.08. The zero-order chi connectivity index (χ0) is 22.6. The van der Waals surface area contributed by atoms with E-state index in [0.29, 0.717) is 11.0 Å². The summed E-state index contributed by atoms with van der Waals surface area (Å²) < 4.78 is 29.1. The van der Waals surface area contributed by atoms with Gasteiger partial charge < -0.3 is 9.88 Å². The molecular formula is C21H25N5O3S2. The second-order valence-electron chi connectivity index (χ2n) is 7.20. The predicted molar refractivity (Wildman–Crippen MR) is 121 cm³/mol. The molecule has 0 atom stereocenters. The Morgan fingerprint density at radius 2 is 1.68 bits per heavy atom. The van der Waals surface area contributed by atoms with Crippen LogP contribution in [-0.4, -0.2) is 34.8 Å². The van der Waals surface area contributed by atoms with Gasteiger partial charge in [0.25, 0.3) is 0 Å². The van der Waals surface area contributed by atoms with Crippen molar-refractivity contribution in [3.63, 3.8) is 0 Å². The second kappa shape index (κ2) is 9.63. The lowest BCUT2D eigenvalue weighted by molar-refractivity contribution is -0.113. The van der Waals surface area contributed by atoms with Gasteiger partial charge in [0.1, 0.15) is 5.82 Å². The van der Waals surface area contributed by atoms with Gasteiger partial charge in [-0.05, 0) is 44.0 Å². The summed E-state index contributed by atoms with van der Waals surface area (Å²) in [5, 5.41) is 11.6. The summed E-state index contributed by atoms with van der Waals surface area (Å²) in [5.74, 6) is 0.467. The first-order valence-corrected chi connectivity index (χ1v) is 12.1. The number of amides is 1. The molecular weight excluding hydrogens is 434 g/mol. The Kier molecular flexibility index (Phi) is 7.14. The third-order valence-corrected chi connectivity index (χ3v) is 7.19. The van der Waals surface area contributed by atoms with Crippen molar-refractivity contribution in [3.8, 4) is 0 Å². The first-order valence-electron chi connectivity index (χ1n) is 9.61. The van der Waals surface area contributed by atoms with Crippen molar-refractivity contribution in [3.05, 3.63) is 65.0 Å². The van der Waals surface area contributed by atoms with Crippen LogP contribution >= 0.6 is 11.8 Å². The molecule has 2 N–H and O–H groups in total. The summed E-state index contributed by atoms with van der Waals surface area (Å²) in [6, 6.07) is 12.5. The van der Waals surface area contributed by atoms with Gasteiger partial charge in [0.15, 0.2) is 5.16 Å². The molecule has 1 amide bonds. The molecule has 3 aromatic rings. The molecule has 164 valence electrons. The zero-order valence-electron chi connectivity index (χ0n) is 17.8. The van der Waals surface area contributed by atoms with Crippen LogP contribution in [0.1, 0.15) is 22.5 Å². The minimum atomic E-state index is -3.65. The number of aromatic nitrogens is 3. The standard InChI is InChI=1S/C21H25N5O3S2/c1-14-8-10-17(11-9-14)31(28,29)22-12-18-24-25-21(26(18)4)30-13-19(27)23-20-15(2)6-5-7-16(20)3/h5-11,22H,12-13H2,1-4H3,(H,23,27). The molecule has 8 nitrogen and oxygen atoms in total. The van der Waals surface area contributed by atoms with Crippen LogP contribution in [0.2, 0.25) is 0 Å². The van der Waals surface area contributed by atoms with Gasteiger partial charge >= 0.3 is 0 Å². The van der Waals surface area contributed by atoms with Crippen molar-refractivity contribution < 1.29 is 13.2 Å². The Morgan fingerprint density at radius 1 is 1.03 bits per heavy atom. The highest BCUT2D eigenvalue weighted by Gasteiger charge is 2.17. The Bertz CT molecular complexity index is 1170. The number of hydrogen-bond donors (Lipinski definition) is 2. The lowest BCUT2D eigenvalue weighted by Crippen LogP contribution is -2.24. The number of anilines is 1. The minimum absolute atomic E-state index is 0.00509. The van der Waals surface area contributed by atoms with E-state index in [0.717, 1.165) is 22.4 Å². The molecule has 3 rings (SSSR count). The monoisotopic (exact) mass is 459 g/mol. The lowest BCUT2D eigenvalue weighted by atomic mass is 10.1. The number of nitrogens with zero attached hydrogens (tertiary/aromatic N) is 3. The summed E-state index contributed by atoms with van der Waals surface area (Å²) in [7, 11) is -1.92. The Hall–Kier alpha value is -2.69. The fourth-order valence-corrected chi connectivity index (χ4v) is 4.61. The fraction of sp³-hybridized carbons (Fsp3) is 0.286. The number of carbonyl (C=O) groups is 1. The maximum absolute atomic E-state index is 12.5. The number of nitrogens with one attached hydrogen (secondary N) is 2. The van der Waals surface area contributed by atoms with Crippen LogP contribution in [-0.2, 0) is 28.4 Å². The van der Waals surface area contributed by atoms with Gasteiger partial charge in [0, 0.05) is 12.7 Å². The zero-order valence-corrected chi connectivity index (χ0v) is 19.5. The normalized spacial score (nSPS) is 11.5. The number of para-hydroxylation sites is 1. The third-order valence-electron chi connectivity index (χ3n) is 4.75. The molecule has 0 aliphatic carbocycles. The van der Waals surface area contributed by atoms with E-state index in [9.17, 15) is 13.2 Å². The van der Waals surface area contributed by atoms with Crippen LogP contribution in [0, 0.1) is 20.8 Å². The molecule has 1 aromatic heterocycles. The van der Waals surface area contributed by atoms with E-state index in [1.165, 1.54) is 11.8 Å². The van der Waals surface area contributed by atoms with Gasteiger partial charge in [0.05, 0.1) is 17.2 Å². The van der Waals surface area contributed by atoms with Gasteiger partial charge in [-0.25, -0.2) is 13.1 Å². The molecule has 0 aliphatic heterocycles. The number of sulfonamides is 1. The Labute approximate surface area is 186 Å². The molecule has 0 saturated carbocycles. The molecule has 1 heterocycles. The molecule has 0 fully saturated rings. The van der Waals surface area contributed by atoms with Crippen molar-refractivity contribution in [1.82, 2.24) is 19.5 Å². The molecule has 0 aliphatic rings. The molecule has 0 bridgehead atoms. The SMILES string of the molecule is Cc1ccc(S(=O)(=O)NCc2nnc(SCC(=O)Nc3c(C)cccc3C)n2C)cc1. The summed E-state index contributed by atoms with van der Waals surface area (Å²) in [6.07, 6.45) is 0. The number of benzene rings is 2. The predicted octanol–water partition coefficient (Wildman–Crippen LogP) is 2.95. The second-order valence-corrected chi connectivity index (χ2v) is 9.91. The number of carbonyl (C=O) groups excluding carboxylic acids is 1. The van der Waals surface area contributed by atoms with Crippen molar-refractivity contribution in [2.75, 3.05) is 11.1 Å². The van der Waals surface area contributed by atoms with Gasteiger partial charge in [-0.1, -0.05) is 47.7 Å². The highest BCUT2D eigenvalue weighted by molar-refractivity contribution is 7.99. The molecule has 0 radical (unpaired) electrons. The number of thioether (sulfide) groups is 1. The van der Waals surface area contributed by atoms with E-state index in [1.807, 2.05) is 39.0 Å². The Morgan fingerprint density at radius 3 is 2.32 bits per heavy atom. The van der Waals surface area contributed by atoms with Crippen molar-refractivity contribution >= 4 is 33.4 Å². The maximum atomic E-state index is 12.5. The highest BCUT2D eigenvalue weighted by atomic mass is 32.2. The van der Waals surface area contributed by atoms with Crippen molar-refractivity contribution in [2.45, 2.75) is 37.4 Å². The van der Waals surface area contributed by atoms with Crippen molar-refractivity contribution in [1.29, 1.82) is 0 Å². The van der Waals surface area contributed by atoms with Crippen molar-refractivity contribution in [2.24, 2.45) is 7.05 Å². The van der Waals surface area contributed by atoms with E-state index >= 15 is 0 Å². The third kappa shape index (κ3) is 5.72. The molecule has 31 heavy (non-hydrogen) atoms. The van der Waals surface area contributed by atoms with E-state index in [2.05, 4.69) is 20.2 Å². The topological polar surface area (TPSA) is 106 Å². The summed E-state index contributed by atoms with van der Waals surface area (Å²) in [5.41, 5.74) is 3.80. The van der Waals surface area contributed by atoms with Crippen LogP contribution in [0.15, 0.2) is 52.5 Å². The smallest absolute Gasteiger partial charge is 0.240 e. The van der Waals surface area contributed by atoms with Crippen LogP contribution in [0.5, 0.6) is 0 Å².